The number of hydrogen-bond acceptors (Lipinski definition) is 4. The van der Waals surface area contributed by atoms with E-state index in [1.165, 1.54) is 6.07 Å². The molecule has 2 N–H and O–H groups in total. The number of halogens is 3. The summed E-state index contributed by atoms with van der Waals surface area (Å²) in [5, 5.41) is 8.69. The van der Waals surface area contributed by atoms with E-state index >= 15 is 0 Å². The van der Waals surface area contributed by atoms with Crippen LogP contribution in [0.25, 0.3) is 11.1 Å². The van der Waals surface area contributed by atoms with Crippen molar-refractivity contribution in [2.75, 3.05) is 0 Å². The summed E-state index contributed by atoms with van der Waals surface area (Å²) in [5.41, 5.74) is 0.501. The van der Waals surface area contributed by atoms with Crippen LogP contribution in [-0.4, -0.2) is 13.6 Å². The molecule has 1 fully saturated rings. The molecule has 0 unspecified atom stereocenters. The van der Waals surface area contributed by atoms with Gasteiger partial charge in [0.05, 0.1) is 11.3 Å². The first-order valence-corrected chi connectivity index (χ1v) is 8.94. The largest absolute Gasteiger partial charge is 0.354 e. The van der Waals surface area contributed by atoms with Crippen LogP contribution in [0.15, 0.2) is 27.6 Å². The Morgan fingerprint density at radius 1 is 1.25 bits per heavy atom. The lowest BCUT2D eigenvalue weighted by atomic mass is 9.94. The molecular weight excluding hydrogens is 345 g/mol. The second kappa shape index (κ2) is 6.21. The lowest BCUT2D eigenvalue weighted by Gasteiger charge is -2.10. The summed E-state index contributed by atoms with van der Waals surface area (Å²) >= 11 is 0. The molecule has 0 amide bonds. The summed E-state index contributed by atoms with van der Waals surface area (Å²) in [6.07, 6.45) is 0.586. The van der Waals surface area contributed by atoms with Crippen molar-refractivity contribution in [2.45, 2.75) is 42.9 Å². The van der Waals surface area contributed by atoms with Crippen molar-refractivity contribution in [3.05, 3.63) is 35.5 Å². The predicted molar refractivity (Wildman–Crippen MR) is 79.4 cm³/mol. The Morgan fingerprint density at radius 3 is 2.46 bits per heavy atom. The maximum absolute atomic E-state index is 14.1. The van der Waals surface area contributed by atoms with E-state index in [1.807, 2.05) is 0 Å². The van der Waals surface area contributed by atoms with Gasteiger partial charge in [0, 0.05) is 5.92 Å². The number of sulfonamides is 1. The van der Waals surface area contributed by atoms with Crippen LogP contribution in [0.4, 0.5) is 13.2 Å². The van der Waals surface area contributed by atoms with E-state index in [9.17, 15) is 21.6 Å². The summed E-state index contributed by atoms with van der Waals surface area (Å²) in [5.74, 6) is -1.77. The van der Waals surface area contributed by atoms with Gasteiger partial charge in [0.25, 0.3) is 6.43 Å². The molecular formula is C15H15F3N2O3S. The molecule has 2 aromatic rings. The zero-order chi connectivity index (χ0) is 17.5. The third-order valence-corrected chi connectivity index (χ3v) is 5.16. The predicted octanol–water partition coefficient (Wildman–Crippen LogP) is 3.72. The lowest BCUT2D eigenvalue weighted by molar-refractivity contribution is 0.112. The van der Waals surface area contributed by atoms with E-state index in [2.05, 4.69) is 5.16 Å². The van der Waals surface area contributed by atoms with E-state index < -0.39 is 32.9 Å². The van der Waals surface area contributed by atoms with Crippen LogP contribution in [-0.2, 0) is 10.0 Å². The molecule has 1 saturated carbocycles. The number of nitrogens with zero attached hydrogens (tertiary/aromatic N) is 1. The molecule has 3 rings (SSSR count). The van der Waals surface area contributed by atoms with Crippen LogP contribution in [0, 0.1) is 5.82 Å². The van der Waals surface area contributed by atoms with Crippen LogP contribution < -0.4 is 5.14 Å². The van der Waals surface area contributed by atoms with Gasteiger partial charge in [0.1, 0.15) is 10.7 Å². The molecule has 0 bridgehead atoms. The quantitative estimate of drug-likeness (QED) is 0.900. The molecule has 130 valence electrons. The molecule has 1 aromatic heterocycles. The SMILES string of the molecule is NS(=O)(=O)c1ccc(-c2c(C3CCCC3)noc2C(F)F)cc1F. The van der Waals surface area contributed by atoms with Crippen molar-refractivity contribution in [1.29, 1.82) is 0 Å². The van der Waals surface area contributed by atoms with Crippen molar-refractivity contribution in [2.24, 2.45) is 5.14 Å². The normalized spacial score (nSPS) is 16.2. The smallest absolute Gasteiger partial charge is 0.298 e. The summed E-state index contributed by atoms with van der Waals surface area (Å²) in [4.78, 5) is -0.691. The highest BCUT2D eigenvalue weighted by Gasteiger charge is 2.31. The average Bonchev–Trinajstić information content (AvgIpc) is 3.14. The number of benzene rings is 1. The molecule has 0 aliphatic heterocycles. The van der Waals surface area contributed by atoms with E-state index in [4.69, 9.17) is 9.66 Å². The van der Waals surface area contributed by atoms with Crippen molar-refractivity contribution >= 4 is 10.0 Å². The monoisotopic (exact) mass is 360 g/mol. The standard InChI is InChI=1S/C15H15F3N2O3S/c16-10-7-9(5-6-11(10)24(19,21)22)12-13(8-3-1-2-4-8)20-23-14(12)15(17)18/h5-8,15H,1-4H2,(H2,19,21,22). The Morgan fingerprint density at radius 2 is 1.92 bits per heavy atom. The van der Waals surface area contributed by atoms with Crippen LogP contribution in [0.1, 0.15) is 49.5 Å². The van der Waals surface area contributed by atoms with Gasteiger partial charge in [-0.1, -0.05) is 24.1 Å². The fraction of sp³-hybridized carbons (Fsp3) is 0.400. The molecule has 0 saturated heterocycles. The molecule has 0 atom stereocenters. The molecule has 1 aliphatic rings. The van der Waals surface area contributed by atoms with Crippen LogP contribution in [0.2, 0.25) is 0 Å². The van der Waals surface area contributed by atoms with E-state index in [-0.39, 0.29) is 17.0 Å². The fourth-order valence-electron chi connectivity index (χ4n) is 3.12. The van der Waals surface area contributed by atoms with Gasteiger partial charge in [-0.2, -0.15) is 0 Å². The van der Waals surface area contributed by atoms with E-state index in [0.717, 1.165) is 37.8 Å². The molecule has 5 nitrogen and oxygen atoms in total. The van der Waals surface area contributed by atoms with Crippen LogP contribution in [0.5, 0.6) is 0 Å². The topological polar surface area (TPSA) is 86.2 Å². The van der Waals surface area contributed by atoms with Gasteiger partial charge in [0.2, 0.25) is 15.8 Å². The number of aromatic nitrogens is 1. The Balaban J connectivity index is 2.14. The number of hydrogen-bond donors (Lipinski definition) is 1. The first kappa shape index (κ1) is 17.0. The zero-order valence-electron chi connectivity index (χ0n) is 12.5. The molecule has 1 aromatic carbocycles. The molecule has 0 radical (unpaired) electrons. The average molecular weight is 360 g/mol. The zero-order valence-corrected chi connectivity index (χ0v) is 13.3. The molecule has 9 heteroatoms. The Hall–Kier alpha value is -1.87. The summed E-state index contributed by atoms with van der Waals surface area (Å²) < 4.78 is 67.9. The number of nitrogens with two attached hydrogens (primary N) is 1. The summed E-state index contributed by atoms with van der Waals surface area (Å²) in [6, 6.07) is 3.07. The van der Waals surface area contributed by atoms with Gasteiger partial charge in [-0.05, 0) is 30.5 Å². The Bertz CT molecular complexity index is 859. The van der Waals surface area contributed by atoms with Crippen molar-refractivity contribution in [1.82, 2.24) is 5.16 Å². The van der Waals surface area contributed by atoms with E-state index in [1.54, 1.807) is 0 Å². The molecule has 1 heterocycles. The molecule has 24 heavy (non-hydrogen) atoms. The first-order valence-electron chi connectivity index (χ1n) is 7.39. The van der Waals surface area contributed by atoms with Crippen LogP contribution >= 0.6 is 0 Å². The van der Waals surface area contributed by atoms with Gasteiger partial charge in [-0.15, -0.1) is 0 Å². The lowest BCUT2D eigenvalue weighted by Crippen LogP contribution is -2.14. The number of alkyl halides is 2. The van der Waals surface area contributed by atoms with E-state index in [0.29, 0.717) is 5.69 Å². The van der Waals surface area contributed by atoms with Crippen molar-refractivity contribution < 1.29 is 26.1 Å². The summed E-state index contributed by atoms with van der Waals surface area (Å²) in [7, 11) is -4.23. The summed E-state index contributed by atoms with van der Waals surface area (Å²) in [6.45, 7) is 0. The molecule has 0 spiro atoms. The maximum Gasteiger partial charge on any atom is 0.298 e. The van der Waals surface area contributed by atoms with Gasteiger partial charge >= 0.3 is 0 Å². The number of rotatable bonds is 4. The highest BCUT2D eigenvalue weighted by molar-refractivity contribution is 7.89. The highest BCUT2D eigenvalue weighted by atomic mass is 32.2. The minimum absolute atomic E-state index is 0.0303. The third kappa shape index (κ3) is 3.05. The van der Waals surface area contributed by atoms with Gasteiger partial charge < -0.3 is 4.52 Å². The van der Waals surface area contributed by atoms with Crippen LogP contribution in [0.3, 0.4) is 0 Å². The fourth-order valence-corrected chi connectivity index (χ4v) is 3.71. The molecule has 1 aliphatic carbocycles. The number of primary sulfonamides is 1. The first-order chi connectivity index (χ1) is 11.3. The maximum atomic E-state index is 14.1. The van der Waals surface area contributed by atoms with Crippen molar-refractivity contribution in [3.63, 3.8) is 0 Å². The Labute approximate surface area is 136 Å². The van der Waals surface area contributed by atoms with Gasteiger partial charge in [-0.25, -0.2) is 26.7 Å². The Kier molecular flexibility index (Phi) is 4.39. The second-order valence-corrected chi connectivity index (χ2v) is 7.31. The minimum Gasteiger partial charge on any atom is -0.354 e. The third-order valence-electron chi connectivity index (χ3n) is 4.21. The highest BCUT2D eigenvalue weighted by Crippen LogP contribution is 2.43. The van der Waals surface area contributed by atoms with Crippen molar-refractivity contribution in [3.8, 4) is 11.1 Å². The second-order valence-electron chi connectivity index (χ2n) is 5.78. The van der Waals surface area contributed by atoms with Gasteiger partial charge in [-0.3, -0.25) is 0 Å². The van der Waals surface area contributed by atoms with Gasteiger partial charge in [0.15, 0.2) is 0 Å². The minimum atomic E-state index is -4.23.